The molecule has 2 N–H and O–H groups in total. The van der Waals surface area contributed by atoms with Gasteiger partial charge in [0.15, 0.2) is 16.6 Å². The van der Waals surface area contributed by atoms with E-state index in [1.165, 1.54) is 0 Å². The lowest BCUT2D eigenvalue weighted by molar-refractivity contribution is -0.385. The molecule has 1 aromatic heterocycles. The summed E-state index contributed by atoms with van der Waals surface area (Å²) in [5.74, 6) is 0.703. The van der Waals surface area contributed by atoms with Crippen molar-refractivity contribution in [1.82, 2.24) is 4.98 Å². The second kappa shape index (κ2) is 4.13. The molecule has 0 radical (unpaired) electrons. The molecule has 86 valence electrons. The van der Waals surface area contributed by atoms with E-state index in [9.17, 15) is 10.1 Å². The molecule has 0 aliphatic heterocycles. The van der Waals surface area contributed by atoms with Gasteiger partial charge in [0.25, 0.3) is 0 Å². The molecule has 16 heavy (non-hydrogen) atoms. The molecule has 1 aliphatic rings. The minimum Gasteiger partial charge on any atom is -0.488 e. The van der Waals surface area contributed by atoms with E-state index >= 15 is 0 Å². The molecule has 7 heteroatoms. The van der Waals surface area contributed by atoms with Gasteiger partial charge in [-0.15, -0.1) is 0 Å². The Kier molecular flexibility index (Phi) is 2.82. The number of nitro groups is 1. The zero-order valence-electron chi connectivity index (χ0n) is 8.35. The van der Waals surface area contributed by atoms with Crippen molar-refractivity contribution in [2.24, 2.45) is 5.92 Å². The number of anilines is 1. The van der Waals surface area contributed by atoms with Gasteiger partial charge < -0.3 is 10.5 Å². The summed E-state index contributed by atoms with van der Waals surface area (Å²) >= 11 is 5.83. The molecule has 0 amide bonds. The standard InChI is InChI=1S/C9H10ClN3O3/c10-7-6(13(14)15)3-12-9(11)8(7)16-4-5-1-2-5/h3,5H,1-2,4H2,(H2,11,12). The van der Waals surface area contributed by atoms with Crippen molar-refractivity contribution >= 4 is 23.1 Å². The number of halogens is 1. The Balaban J connectivity index is 2.25. The van der Waals surface area contributed by atoms with Crippen LogP contribution in [0.1, 0.15) is 12.8 Å². The molecule has 0 saturated heterocycles. The van der Waals surface area contributed by atoms with Crippen molar-refractivity contribution in [3.05, 3.63) is 21.3 Å². The number of nitrogens with two attached hydrogens (primary N) is 1. The third-order valence-corrected chi connectivity index (χ3v) is 2.71. The summed E-state index contributed by atoms with van der Waals surface area (Å²) in [4.78, 5) is 13.7. The first-order valence-electron chi connectivity index (χ1n) is 4.80. The normalized spacial score (nSPS) is 14.8. The summed E-state index contributed by atoms with van der Waals surface area (Å²) in [6.45, 7) is 0.479. The van der Waals surface area contributed by atoms with Crippen molar-refractivity contribution in [3.8, 4) is 5.75 Å². The highest BCUT2D eigenvalue weighted by molar-refractivity contribution is 6.34. The van der Waals surface area contributed by atoms with E-state index in [1.807, 2.05) is 0 Å². The van der Waals surface area contributed by atoms with Crippen LogP contribution in [-0.4, -0.2) is 16.5 Å². The van der Waals surface area contributed by atoms with Crippen LogP contribution in [0.15, 0.2) is 6.20 Å². The first-order valence-corrected chi connectivity index (χ1v) is 5.18. The zero-order chi connectivity index (χ0) is 11.7. The number of rotatable bonds is 4. The lowest BCUT2D eigenvalue weighted by Gasteiger charge is -2.08. The van der Waals surface area contributed by atoms with Gasteiger partial charge in [0, 0.05) is 0 Å². The topological polar surface area (TPSA) is 91.3 Å². The molecule has 0 bridgehead atoms. The highest BCUT2D eigenvalue weighted by Crippen LogP contribution is 2.38. The molecule has 1 heterocycles. The molecule has 0 unspecified atom stereocenters. The minimum absolute atomic E-state index is 0.0799. The van der Waals surface area contributed by atoms with Crippen LogP contribution in [0.25, 0.3) is 0 Å². The van der Waals surface area contributed by atoms with E-state index in [2.05, 4.69) is 4.98 Å². The summed E-state index contributed by atoms with van der Waals surface area (Å²) < 4.78 is 5.36. The third kappa shape index (κ3) is 2.16. The molecule has 0 spiro atoms. The van der Waals surface area contributed by atoms with Gasteiger partial charge in [-0.25, -0.2) is 4.98 Å². The fourth-order valence-corrected chi connectivity index (χ4v) is 1.49. The smallest absolute Gasteiger partial charge is 0.309 e. The van der Waals surface area contributed by atoms with Crippen molar-refractivity contribution in [1.29, 1.82) is 0 Å². The van der Waals surface area contributed by atoms with Crippen LogP contribution >= 0.6 is 11.6 Å². The highest BCUT2D eigenvalue weighted by atomic mass is 35.5. The van der Waals surface area contributed by atoms with Gasteiger partial charge in [0.05, 0.1) is 11.5 Å². The Labute approximate surface area is 96.5 Å². The largest absolute Gasteiger partial charge is 0.488 e. The first kappa shape index (κ1) is 10.9. The molecule has 0 aromatic carbocycles. The monoisotopic (exact) mass is 243 g/mol. The van der Waals surface area contributed by atoms with E-state index < -0.39 is 4.92 Å². The molecule has 1 aliphatic carbocycles. The maximum Gasteiger partial charge on any atom is 0.309 e. The second-order valence-electron chi connectivity index (χ2n) is 3.68. The third-order valence-electron chi connectivity index (χ3n) is 2.34. The number of hydrogen-bond donors (Lipinski definition) is 1. The molecule has 1 fully saturated rings. The van der Waals surface area contributed by atoms with Gasteiger partial charge in [0.2, 0.25) is 0 Å². The van der Waals surface area contributed by atoms with Crippen molar-refractivity contribution in [2.45, 2.75) is 12.8 Å². The summed E-state index contributed by atoms with van der Waals surface area (Å²) in [7, 11) is 0. The number of pyridine rings is 1. The van der Waals surface area contributed by atoms with Crippen LogP contribution in [0, 0.1) is 16.0 Å². The van der Waals surface area contributed by atoms with Gasteiger partial charge in [-0.05, 0) is 18.8 Å². The number of hydrogen-bond acceptors (Lipinski definition) is 5. The zero-order valence-corrected chi connectivity index (χ0v) is 9.11. The molecule has 6 nitrogen and oxygen atoms in total. The minimum atomic E-state index is -0.612. The van der Waals surface area contributed by atoms with E-state index in [1.54, 1.807) is 0 Å². The van der Waals surface area contributed by atoms with Crippen LogP contribution in [0.3, 0.4) is 0 Å². The highest BCUT2D eigenvalue weighted by Gasteiger charge is 2.25. The van der Waals surface area contributed by atoms with Gasteiger partial charge in [-0.1, -0.05) is 11.6 Å². The number of nitrogens with zero attached hydrogens (tertiary/aromatic N) is 2. The summed E-state index contributed by atoms with van der Waals surface area (Å²) in [6.07, 6.45) is 3.25. The molecule has 1 saturated carbocycles. The molecule has 1 aromatic rings. The van der Waals surface area contributed by atoms with E-state index in [0.717, 1.165) is 19.0 Å². The van der Waals surface area contributed by atoms with Crippen molar-refractivity contribution in [2.75, 3.05) is 12.3 Å². The van der Waals surface area contributed by atoms with Crippen LogP contribution in [0.5, 0.6) is 5.75 Å². The Hall–Kier alpha value is -1.56. The molecule has 0 atom stereocenters. The van der Waals surface area contributed by atoms with Crippen LogP contribution in [-0.2, 0) is 0 Å². The van der Waals surface area contributed by atoms with Gasteiger partial charge in [0.1, 0.15) is 6.20 Å². The van der Waals surface area contributed by atoms with Gasteiger partial charge in [-0.3, -0.25) is 10.1 Å². The van der Waals surface area contributed by atoms with Crippen LogP contribution < -0.4 is 10.5 Å². The maximum atomic E-state index is 10.6. The molecule has 2 rings (SSSR count). The van der Waals surface area contributed by atoms with E-state index in [0.29, 0.717) is 12.5 Å². The lowest BCUT2D eigenvalue weighted by atomic mass is 10.3. The fraction of sp³-hybridized carbons (Fsp3) is 0.444. The first-order chi connectivity index (χ1) is 7.59. The average molecular weight is 244 g/mol. The van der Waals surface area contributed by atoms with E-state index in [-0.39, 0.29) is 22.3 Å². The predicted octanol–water partition coefficient (Wildman–Crippen LogP) is 2.01. The molecular weight excluding hydrogens is 234 g/mol. The maximum absolute atomic E-state index is 10.6. The Morgan fingerprint density at radius 2 is 2.38 bits per heavy atom. The molecular formula is C9H10ClN3O3. The summed E-state index contributed by atoms with van der Waals surface area (Å²) in [6, 6.07) is 0. The average Bonchev–Trinajstić information content (AvgIpc) is 3.00. The Bertz CT molecular complexity index is 434. The lowest BCUT2D eigenvalue weighted by Crippen LogP contribution is -2.05. The SMILES string of the molecule is Nc1ncc([N+](=O)[O-])c(Cl)c1OCC1CC1. The quantitative estimate of drug-likeness (QED) is 0.645. The Morgan fingerprint density at radius 1 is 1.69 bits per heavy atom. The van der Waals surface area contributed by atoms with Gasteiger partial charge >= 0.3 is 5.69 Å². The summed E-state index contributed by atoms with van der Waals surface area (Å²) in [5, 5.41) is 10.5. The van der Waals surface area contributed by atoms with E-state index in [4.69, 9.17) is 22.1 Å². The van der Waals surface area contributed by atoms with Gasteiger partial charge in [-0.2, -0.15) is 0 Å². The summed E-state index contributed by atoms with van der Waals surface area (Å²) in [5.41, 5.74) is 5.26. The van der Waals surface area contributed by atoms with Crippen molar-refractivity contribution < 1.29 is 9.66 Å². The van der Waals surface area contributed by atoms with Crippen molar-refractivity contribution in [3.63, 3.8) is 0 Å². The Morgan fingerprint density at radius 3 is 2.94 bits per heavy atom. The second-order valence-corrected chi connectivity index (χ2v) is 4.06. The fourth-order valence-electron chi connectivity index (χ4n) is 1.23. The number of aromatic nitrogens is 1. The predicted molar refractivity (Wildman–Crippen MR) is 58.5 cm³/mol. The number of ether oxygens (including phenoxy) is 1. The van der Waals surface area contributed by atoms with Crippen LogP contribution in [0.2, 0.25) is 5.02 Å². The number of nitrogen functional groups attached to an aromatic ring is 1. The van der Waals surface area contributed by atoms with Crippen LogP contribution in [0.4, 0.5) is 11.5 Å².